The molecule has 3 aromatic rings. The lowest BCUT2D eigenvalue weighted by atomic mass is 9.83. The normalized spacial score (nSPS) is 21.1. The summed E-state index contributed by atoms with van der Waals surface area (Å²) in [5.41, 5.74) is 7.38. The van der Waals surface area contributed by atoms with Crippen molar-refractivity contribution in [1.29, 1.82) is 0 Å². The Bertz CT molecular complexity index is 1520. The predicted molar refractivity (Wildman–Crippen MR) is 172 cm³/mol. The van der Waals surface area contributed by atoms with Crippen LogP contribution in [0.5, 0.6) is 0 Å². The van der Waals surface area contributed by atoms with Crippen molar-refractivity contribution in [3.05, 3.63) is 95.1 Å². The molecular weight excluding hydrogens is 627 g/mol. The molecule has 10 nitrogen and oxygen atoms in total. The Morgan fingerprint density at radius 2 is 1.65 bits per heavy atom. The van der Waals surface area contributed by atoms with E-state index < -0.39 is 53.2 Å². The molecule has 256 valence electrons. The maximum absolute atomic E-state index is 15.0. The topological polar surface area (TPSA) is 147 Å². The van der Waals surface area contributed by atoms with Gasteiger partial charge in [-0.15, -0.1) is 0 Å². The summed E-state index contributed by atoms with van der Waals surface area (Å²) in [4.78, 5) is 42.6. The highest BCUT2D eigenvalue weighted by atomic mass is 19.1. The molecule has 2 fully saturated rings. The summed E-state index contributed by atoms with van der Waals surface area (Å²) in [6.07, 6.45) is 4.41. The molecule has 0 bridgehead atoms. The Morgan fingerprint density at radius 1 is 1.00 bits per heavy atom. The maximum atomic E-state index is 15.0. The number of carbonyl (C=O) groups excluding carboxylic acids is 2. The van der Waals surface area contributed by atoms with Crippen molar-refractivity contribution in [1.82, 2.24) is 15.2 Å². The summed E-state index contributed by atoms with van der Waals surface area (Å²) in [7, 11) is 0. The molecule has 1 aromatic heterocycles. The summed E-state index contributed by atoms with van der Waals surface area (Å²) < 4.78 is 48.3. The van der Waals surface area contributed by atoms with E-state index in [-0.39, 0.29) is 49.4 Å². The molecule has 3 amide bonds. The van der Waals surface area contributed by atoms with Crippen LogP contribution in [0.3, 0.4) is 0 Å². The zero-order chi connectivity index (χ0) is 34.2. The number of nitrogens with one attached hydrogen (secondary N) is 2. The number of halogens is 3. The number of anilines is 1. The lowest BCUT2D eigenvalue weighted by Gasteiger charge is -2.40. The van der Waals surface area contributed by atoms with Crippen LogP contribution in [0.25, 0.3) is 0 Å². The third-order valence-electron chi connectivity index (χ3n) is 9.25. The fraction of sp³-hybridized carbons (Fsp3) is 0.429. The number of pyridine rings is 1. The minimum atomic E-state index is -1.11. The van der Waals surface area contributed by atoms with Gasteiger partial charge in [-0.2, -0.15) is 0 Å². The van der Waals surface area contributed by atoms with Gasteiger partial charge in [-0.05, 0) is 61.1 Å². The van der Waals surface area contributed by atoms with E-state index in [1.165, 1.54) is 35.4 Å². The SMILES string of the molecule is NC(=O)[C@H]1CCCCC1N(C[C@H]1CO[C@H](CCc2c(F)cncc2NC(=O)CC(c2ccc(F)cc2)c2ccc(F)cc2)CN1)C(=O)O. The number of ether oxygens (including phenoxy) is 1. The summed E-state index contributed by atoms with van der Waals surface area (Å²) >= 11 is 0. The van der Waals surface area contributed by atoms with E-state index in [0.29, 0.717) is 36.9 Å². The molecule has 4 atom stereocenters. The van der Waals surface area contributed by atoms with Gasteiger partial charge < -0.3 is 31.1 Å². The molecule has 5 rings (SSSR count). The largest absolute Gasteiger partial charge is 0.465 e. The van der Waals surface area contributed by atoms with Gasteiger partial charge in [0.2, 0.25) is 11.8 Å². The number of amides is 3. The van der Waals surface area contributed by atoms with E-state index in [9.17, 15) is 28.3 Å². The number of benzene rings is 2. The number of rotatable bonds is 12. The minimum absolute atomic E-state index is 0.0708. The number of morpholine rings is 1. The molecule has 2 heterocycles. The van der Waals surface area contributed by atoms with E-state index in [0.717, 1.165) is 19.0 Å². The van der Waals surface area contributed by atoms with Crippen molar-refractivity contribution in [2.45, 2.75) is 69.1 Å². The van der Waals surface area contributed by atoms with E-state index in [1.54, 1.807) is 24.3 Å². The van der Waals surface area contributed by atoms with Crippen molar-refractivity contribution in [3.8, 4) is 0 Å². The third-order valence-corrected chi connectivity index (χ3v) is 9.25. The second-order valence-corrected chi connectivity index (χ2v) is 12.5. The number of hydrogen-bond donors (Lipinski definition) is 4. The van der Waals surface area contributed by atoms with Crippen LogP contribution >= 0.6 is 0 Å². The summed E-state index contributed by atoms with van der Waals surface area (Å²) in [5.74, 6) is -3.39. The lowest BCUT2D eigenvalue weighted by Crippen LogP contribution is -2.57. The fourth-order valence-corrected chi connectivity index (χ4v) is 6.71. The van der Waals surface area contributed by atoms with E-state index in [4.69, 9.17) is 10.5 Å². The van der Waals surface area contributed by atoms with Gasteiger partial charge >= 0.3 is 6.09 Å². The van der Waals surface area contributed by atoms with Crippen molar-refractivity contribution in [2.75, 3.05) is 25.0 Å². The van der Waals surface area contributed by atoms with Crippen LogP contribution < -0.4 is 16.4 Å². The van der Waals surface area contributed by atoms with E-state index in [2.05, 4.69) is 15.6 Å². The van der Waals surface area contributed by atoms with Gasteiger partial charge in [-0.25, -0.2) is 18.0 Å². The zero-order valence-corrected chi connectivity index (χ0v) is 26.4. The van der Waals surface area contributed by atoms with Gasteiger partial charge in [-0.1, -0.05) is 37.1 Å². The van der Waals surface area contributed by atoms with Crippen molar-refractivity contribution in [3.63, 3.8) is 0 Å². The summed E-state index contributed by atoms with van der Waals surface area (Å²) in [5, 5.41) is 16.0. The Hall–Kier alpha value is -4.49. The third kappa shape index (κ3) is 8.90. The highest BCUT2D eigenvalue weighted by Gasteiger charge is 2.37. The Balaban J connectivity index is 1.18. The van der Waals surface area contributed by atoms with Crippen molar-refractivity contribution in [2.24, 2.45) is 11.7 Å². The van der Waals surface area contributed by atoms with Crippen LogP contribution in [0.15, 0.2) is 60.9 Å². The van der Waals surface area contributed by atoms with Gasteiger partial charge in [0.15, 0.2) is 0 Å². The Morgan fingerprint density at radius 3 is 2.23 bits per heavy atom. The number of primary amides is 1. The number of aromatic nitrogens is 1. The average molecular weight is 668 g/mol. The molecule has 1 saturated heterocycles. The molecule has 0 spiro atoms. The highest BCUT2D eigenvalue weighted by molar-refractivity contribution is 5.92. The molecule has 5 N–H and O–H groups in total. The molecule has 1 aliphatic heterocycles. The molecule has 1 unspecified atom stereocenters. The first-order chi connectivity index (χ1) is 23.1. The predicted octanol–water partition coefficient (Wildman–Crippen LogP) is 4.97. The van der Waals surface area contributed by atoms with Gasteiger partial charge in [0, 0.05) is 43.1 Å². The van der Waals surface area contributed by atoms with Gasteiger partial charge in [-0.3, -0.25) is 14.6 Å². The molecule has 1 saturated carbocycles. The van der Waals surface area contributed by atoms with Crippen molar-refractivity contribution < 1.29 is 37.4 Å². The lowest BCUT2D eigenvalue weighted by molar-refractivity contribution is -0.125. The van der Waals surface area contributed by atoms with Crippen LogP contribution in [0.4, 0.5) is 23.7 Å². The number of nitrogens with two attached hydrogens (primary N) is 1. The zero-order valence-electron chi connectivity index (χ0n) is 26.4. The first-order valence-corrected chi connectivity index (χ1v) is 16.2. The number of nitrogens with zero attached hydrogens (tertiary/aromatic N) is 2. The van der Waals surface area contributed by atoms with Gasteiger partial charge in [0.05, 0.1) is 36.7 Å². The van der Waals surface area contributed by atoms with Gasteiger partial charge in [0.25, 0.3) is 0 Å². The molecule has 1 aliphatic carbocycles. The summed E-state index contributed by atoms with van der Waals surface area (Å²) in [6.45, 7) is 0.759. The molecule has 48 heavy (non-hydrogen) atoms. The quantitative estimate of drug-likeness (QED) is 0.213. The van der Waals surface area contributed by atoms with E-state index >= 15 is 4.39 Å². The van der Waals surface area contributed by atoms with Crippen LogP contribution in [0, 0.1) is 23.4 Å². The van der Waals surface area contributed by atoms with Crippen LogP contribution in [0.2, 0.25) is 0 Å². The van der Waals surface area contributed by atoms with Crippen molar-refractivity contribution >= 4 is 23.6 Å². The first kappa shape index (κ1) is 34.8. The Kier molecular flexibility index (Phi) is 11.7. The summed E-state index contributed by atoms with van der Waals surface area (Å²) in [6, 6.07) is 10.7. The minimum Gasteiger partial charge on any atom is -0.465 e. The number of hydrogen-bond acceptors (Lipinski definition) is 6. The average Bonchev–Trinajstić information content (AvgIpc) is 3.07. The molecule has 2 aromatic carbocycles. The van der Waals surface area contributed by atoms with Crippen LogP contribution in [-0.2, 0) is 20.7 Å². The number of carbonyl (C=O) groups is 3. The first-order valence-electron chi connectivity index (χ1n) is 16.2. The Labute approximate surface area is 276 Å². The second kappa shape index (κ2) is 16.1. The highest BCUT2D eigenvalue weighted by Crippen LogP contribution is 2.31. The monoisotopic (exact) mass is 667 g/mol. The van der Waals surface area contributed by atoms with Crippen LogP contribution in [-0.4, -0.2) is 70.8 Å². The fourth-order valence-electron chi connectivity index (χ4n) is 6.71. The molecular formula is C35H40F3N5O5. The smallest absolute Gasteiger partial charge is 0.407 e. The van der Waals surface area contributed by atoms with Gasteiger partial charge in [0.1, 0.15) is 17.5 Å². The second-order valence-electron chi connectivity index (χ2n) is 12.5. The standard InChI is InChI=1S/C35H40F3N5O5/c36-23-9-5-21(6-10-23)29(22-7-11-24(37)12-8-22)15-33(44)42-31-18-40-17-30(38)27(31)14-13-26-16-41-25(20-48-26)19-43(35(46)47)32-4-2-1-3-28(32)34(39)45/h5-12,17-18,25-26,28-29,32,41H,1-4,13-16,19-20H2,(H2,39,45)(H,42,44)(H,46,47)/t25-,26+,28-,32?/m0/s1. The van der Waals surface area contributed by atoms with E-state index in [1.807, 2.05) is 0 Å². The van der Waals surface area contributed by atoms with Crippen LogP contribution in [0.1, 0.15) is 61.1 Å². The number of carboxylic acid groups (broad SMARTS) is 1. The molecule has 2 aliphatic rings. The molecule has 0 radical (unpaired) electrons. The molecule has 13 heteroatoms. The maximum Gasteiger partial charge on any atom is 0.407 e.